The van der Waals surface area contributed by atoms with E-state index in [1.807, 2.05) is 26.1 Å². The van der Waals surface area contributed by atoms with Gasteiger partial charge in [-0.1, -0.05) is 12.1 Å². The zero-order chi connectivity index (χ0) is 10.8. The first-order valence-corrected chi connectivity index (χ1v) is 4.92. The van der Waals surface area contributed by atoms with Gasteiger partial charge in [0.15, 0.2) is 0 Å². The Morgan fingerprint density at radius 1 is 1.36 bits per heavy atom. The number of rotatable bonds is 3. The molecule has 2 heteroatoms. The van der Waals surface area contributed by atoms with Crippen molar-refractivity contribution in [3.63, 3.8) is 0 Å². The molecule has 0 bridgehead atoms. The molecule has 0 aromatic heterocycles. The molecule has 0 aliphatic heterocycles. The maximum atomic E-state index is 9.38. The van der Waals surface area contributed by atoms with Crippen molar-refractivity contribution in [2.45, 2.75) is 32.7 Å². The minimum absolute atomic E-state index is 0.101. The van der Waals surface area contributed by atoms with Gasteiger partial charge < -0.3 is 10.4 Å². The maximum absolute atomic E-state index is 9.38. The van der Waals surface area contributed by atoms with Gasteiger partial charge in [0.05, 0.1) is 0 Å². The number of benzene rings is 1. The number of phenols is 1. The van der Waals surface area contributed by atoms with E-state index in [-0.39, 0.29) is 5.54 Å². The molecule has 0 saturated carbocycles. The van der Waals surface area contributed by atoms with Crippen LogP contribution in [-0.2, 0) is 6.42 Å². The molecule has 78 valence electrons. The first-order valence-electron chi connectivity index (χ1n) is 4.92. The molecule has 14 heavy (non-hydrogen) atoms. The van der Waals surface area contributed by atoms with Gasteiger partial charge >= 0.3 is 0 Å². The van der Waals surface area contributed by atoms with E-state index in [9.17, 15) is 5.11 Å². The van der Waals surface area contributed by atoms with Crippen LogP contribution in [0.25, 0.3) is 0 Å². The molecule has 1 aromatic carbocycles. The summed E-state index contributed by atoms with van der Waals surface area (Å²) in [5.74, 6) is 0.371. The minimum atomic E-state index is 0.101. The molecule has 0 heterocycles. The van der Waals surface area contributed by atoms with Gasteiger partial charge in [-0.3, -0.25) is 0 Å². The van der Waals surface area contributed by atoms with Crippen LogP contribution < -0.4 is 5.32 Å². The lowest BCUT2D eigenvalue weighted by Gasteiger charge is -2.24. The molecular weight excluding hydrogens is 174 g/mol. The summed E-state index contributed by atoms with van der Waals surface area (Å²) < 4.78 is 0. The van der Waals surface area contributed by atoms with Crippen molar-refractivity contribution in [2.75, 3.05) is 7.05 Å². The smallest absolute Gasteiger partial charge is 0.118 e. The molecule has 2 N–H and O–H groups in total. The fourth-order valence-electron chi connectivity index (χ4n) is 1.43. The molecule has 0 saturated heterocycles. The first kappa shape index (κ1) is 11.1. The predicted octanol–water partition coefficient (Wildman–Crippen LogP) is 2.24. The van der Waals surface area contributed by atoms with Crippen LogP contribution in [0.2, 0.25) is 0 Å². The summed E-state index contributed by atoms with van der Waals surface area (Å²) in [5, 5.41) is 12.6. The highest BCUT2D eigenvalue weighted by Gasteiger charge is 2.15. The molecule has 0 unspecified atom stereocenters. The lowest BCUT2D eigenvalue weighted by atomic mass is 9.94. The summed E-state index contributed by atoms with van der Waals surface area (Å²) in [7, 11) is 1.97. The van der Waals surface area contributed by atoms with E-state index in [4.69, 9.17) is 0 Å². The molecule has 1 rings (SSSR count). The van der Waals surface area contributed by atoms with Gasteiger partial charge in [0, 0.05) is 5.54 Å². The Morgan fingerprint density at radius 3 is 2.50 bits per heavy atom. The number of aryl methyl sites for hydroxylation is 1. The van der Waals surface area contributed by atoms with Crippen LogP contribution in [0.1, 0.15) is 25.0 Å². The van der Waals surface area contributed by atoms with Crippen molar-refractivity contribution < 1.29 is 5.11 Å². The molecule has 0 aliphatic carbocycles. The van der Waals surface area contributed by atoms with Gasteiger partial charge in [-0.25, -0.2) is 0 Å². The van der Waals surface area contributed by atoms with Crippen molar-refractivity contribution in [3.8, 4) is 5.75 Å². The van der Waals surface area contributed by atoms with E-state index < -0.39 is 0 Å². The maximum Gasteiger partial charge on any atom is 0.118 e. The van der Waals surface area contributed by atoms with E-state index in [1.165, 1.54) is 5.56 Å². The van der Waals surface area contributed by atoms with E-state index >= 15 is 0 Å². The highest BCUT2D eigenvalue weighted by Crippen LogP contribution is 2.20. The molecular formula is C12H19NO. The molecule has 0 fully saturated rings. The summed E-state index contributed by atoms with van der Waals surface area (Å²) in [6, 6.07) is 5.77. The van der Waals surface area contributed by atoms with E-state index in [0.717, 1.165) is 12.0 Å². The van der Waals surface area contributed by atoms with E-state index in [2.05, 4.69) is 19.2 Å². The number of aromatic hydroxyl groups is 1. The van der Waals surface area contributed by atoms with Crippen LogP contribution in [0.4, 0.5) is 0 Å². The second kappa shape index (κ2) is 4.01. The molecule has 0 amide bonds. The lowest BCUT2D eigenvalue weighted by molar-refractivity contribution is 0.421. The van der Waals surface area contributed by atoms with Crippen LogP contribution in [0.5, 0.6) is 5.75 Å². The average Bonchev–Trinajstić information content (AvgIpc) is 2.11. The standard InChI is InChI=1S/C12H19NO/c1-9-7-10(5-6-11(9)14)8-12(2,3)13-4/h5-7,13-14H,8H2,1-4H3. The summed E-state index contributed by atoms with van der Waals surface area (Å²) >= 11 is 0. The quantitative estimate of drug-likeness (QED) is 0.771. The Morgan fingerprint density at radius 2 is 2.00 bits per heavy atom. The highest BCUT2D eigenvalue weighted by molar-refractivity contribution is 5.35. The summed E-state index contributed by atoms with van der Waals surface area (Å²) in [4.78, 5) is 0. The number of hydrogen-bond acceptors (Lipinski definition) is 2. The molecule has 1 aromatic rings. The number of likely N-dealkylation sites (N-methyl/N-ethyl adjacent to an activating group) is 1. The van der Waals surface area contributed by atoms with Crippen LogP contribution in [0, 0.1) is 6.92 Å². The molecule has 0 atom stereocenters. The third-order valence-electron chi connectivity index (χ3n) is 2.58. The van der Waals surface area contributed by atoms with Crippen molar-refractivity contribution in [3.05, 3.63) is 29.3 Å². The Bertz CT molecular complexity index is 318. The van der Waals surface area contributed by atoms with Gasteiger partial charge in [0.1, 0.15) is 5.75 Å². The second-order valence-corrected chi connectivity index (χ2v) is 4.43. The lowest BCUT2D eigenvalue weighted by Crippen LogP contribution is -2.38. The van der Waals surface area contributed by atoms with Crippen LogP contribution in [0.15, 0.2) is 18.2 Å². The highest BCUT2D eigenvalue weighted by atomic mass is 16.3. The fraction of sp³-hybridized carbons (Fsp3) is 0.500. The third kappa shape index (κ3) is 2.74. The Labute approximate surface area is 86.0 Å². The Balaban J connectivity index is 2.83. The number of nitrogens with one attached hydrogen (secondary N) is 1. The monoisotopic (exact) mass is 193 g/mol. The molecule has 0 aliphatic rings. The second-order valence-electron chi connectivity index (χ2n) is 4.43. The van der Waals surface area contributed by atoms with Gasteiger partial charge in [0.2, 0.25) is 0 Å². The zero-order valence-corrected chi connectivity index (χ0v) is 9.39. The Hall–Kier alpha value is -1.02. The molecule has 0 radical (unpaired) electrons. The number of phenolic OH excluding ortho intramolecular Hbond substituents is 1. The SMILES string of the molecule is CNC(C)(C)Cc1ccc(O)c(C)c1. The van der Waals surface area contributed by atoms with Crippen molar-refractivity contribution in [1.29, 1.82) is 0 Å². The molecule has 0 spiro atoms. The normalized spacial score (nSPS) is 11.7. The van der Waals surface area contributed by atoms with Crippen LogP contribution in [-0.4, -0.2) is 17.7 Å². The summed E-state index contributed by atoms with van der Waals surface area (Å²) in [6.07, 6.45) is 0.963. The van der Waals surface area contributed by atoms with E-state index in [1.54, 1.807) is 6.07 Å². The number of hydrogen-bond donors (Lipinski definition) is 2. The largest absolute Gasteiger partial charge is 0.508 e. The van der Waals surface area contributed by atoms with Gasteiger partial charge in [-0.05, 0) is 51.4 Å². The third-order valence-corrected chi connectivity index (χ3v) is 2.58. The predicted molar refractivity (Wildman–Crippen MR) is 59.7 cm³/mol. The fourth-order valence-corrected chi connectivity index (χ4v) is 1.43. The van der Waals surface area contributed by atoms with Gasteiger partial charge in [-0.15, -0.1) is 0 Å². The first-order chi connectivity index (χ1) is 6.44. The average molecular weight is 193 g/mol. The minimum Gasteiger partial charge on any atom is -0.508 e. The summed E-state index contributed by atoms with van der Waals surface area (Å²) in [5.41, 5.74) is 2.29. The van der Waals surface area contributed by atoms with Gasteiger partial charge in [-0.2, -0.15) is 0 Å². The van der Waals surface area contributed by atoms with Crippen LogP contribution in [0.3, 0.4) is 0 Å². The van der Waals surface area contributed by atoms with Crippen molar-refractivity contribution in [2.24, 2.45) is 0 Å². The summed E-state index contributed by atoms with van der Waals surface area (Å²) in [6.45, 7) is 6.25. The van der Waals surface area contributed by atoms with Gasteiger partial charge in [0.25, 0.3) is 0 Å². The van der Waals surface area contributed by atoms with Crippen molar-refractivity contribution >= 4 is 0 Å². The van der Waals surface area contributed by atoms with Crippen molar-refractivity contribution in [1.82, 2.24) is 5.32 Å². The zero-order valence-electron chi connectivity index (χ0n) is 9.39. The topological polar surface area (TPSA) is 32.3 Å². The van der Waals surface area contributed by atoms with Crippen LogP contribution >= 0.6 is 0 Å². The van der Waals surface area contributed by atoms with E-state index in [0.29, 0.717) is 5.75 Å². The Kier molecular flexibility index (Phi) is 3.17. The molecule has 2 nitrogen and oxygen atoms in total.